The van der Waals surface area contributed by atoms with Gasteiger partial charge in [0, 0.05) is 5.41 Å². The van der Waals surface area contributed by atoms with Gasteiger partial charge in [0.05, 0.1) is 12.5 Å². The molecule has 4 atom stereocenters. The Morgan fingerprint density at radius 1 is 1.00 bits per heavy atom. The van der Waals surface area contributed by atoms with Gasteiger partial charge in [0.2, 0.25) is 0 Å². The third-order valence-corrected chi connectivity index (χ3v) is 9.82. The first-order valence-corrected chi connectivity index (χ1v) is 13.1. The SMILES string of the molecule is O=C(OC(COCC(F)(F)S(=O)(=O)[O-])C12CC3CC(CC(C3)C1)C2)C1CC2CCC1C2.[Na+]. The van der Waals surface area contributed by atoms with Crippen molar-refractivity contribution in [1.29, 1.82) is 0 Å². The number of hydrogen-bond acceptors (Lipinski definition) is 6. The predicted octanol–water partition coefficient (Wildman–Crippen LogP) is 0.709. The molecule has 0 N–H and O–H groups in total. The maximum Gasteiger partial charge on any atom is 1.00 e. The number of esters is 1. The summed E-state index contributed by atoms with van der Waals surface area (Å²) >= 11 is 0. The van der Waals surface area contributed by atoms with Gasteiger partial charge in [0.15, 0.2) is 10.1 Å². The number of rotatable bonds is 8. The van der Waals surface area contributed by atoms with Crippen molar-refractivity contribution in [3.05, 3.63) is 0 Å². The number of hydrogen-bond donors (Lipinski definition) is 0. The van der Waals surface area contributed by atoms with E-state index in [1.54, 1.807) is 0 Å². The third kappa shape index (κ3) is 4.68. The van der Waals surface area contributed by atoms with Crippen LogP contribution in [-0.2, 0) is 24.4 Å². The second kappa shape index (κ2) is 9.01. The molecule has 6 nitrogen and oxygen atoms in total. The van der Waals surface area contributed by atoms with E-state index in [1.807, 2.05) is 0 Å². The Kier molecular flexibility index (Phi) is 7.12. The second-order valence-electron chi connectivity index (χ2n) is 11.1. The van der Waals surface area contributed by atoms with Gasteiger partial charge in [-0.1, -0.05) is 6.42 Å². The number of halogens is 2. The largest absolute Gasteiger partial charge is 1.00 e. The van der Waals surface area contributed by atoms with Crippen molar-refractivity contribution < 1.29 is 65.6 Å². The minimum absolute atomic E-state index is 0. The Morgan fingerprint density at radius 2 is 1.59 bits per heavy atom. The smallest absolute Gasteiger partial charge is 0.743 e. The van der Waals surface area contributed by atoms with Crippen molar-refractivity contribution in [1.82, 2.24) is 0 Å². The number of alkyl halides is 2. The fourth-order valence-electron chi connectivity index (χ4n) is 8.03. The summed E-state index contributed by atoms with van der Waals surface area (Å²) in [6, 6.07) is 0. The van der Waals surface area contributed by atoms with Gasteiger partial charge < -0.3 is 14.0 Å². The molecule has 176 valence electrons. The first kappa shape index (κ1) is 25.3. The minimum atomic E-state index is -5.80. The van der Waals surface area contributed by atoms with Gasteiger partial charge in [-0.25, -0.2) is 8.42 Å². The molecule has 0 amide bonds. The molecule has 0 saturated heterocycles. The van der Waals surface area contributed by atoms with Crippen LogP contribution in [-0.4, -0.2) is 43.5 Å². The van der Waals surface area contributed by atoms with Gasteiger partial charge in [-0.05, 0) is 87.4 Å². The topological polar surface area (TPSA) is 92.7 Å². The van der Waals surface area contributed by atoms with Gasteiger partial charge in [-0.15, -0.1) is 0 Å². The molecule has 0 spiro atoms. The van der Waals surface area contributed by atoms with E-state index in [0.717, 1.165) is 44.9 Å². The van der Waals surface area contributed by atoms with Crippen LogP contribution in [0.4, 0.5) is 8.78 Å². The van der Waals surface area contributed by atoms with Crippen molar-refractivity contribution in [2.45, 2.75) is 75.6 Å². The Morgan fingerprint density at radius 3 is 2.06 bits per heavy atom. The molecule has 4 unspecified atom stereocenters. The third-order valence-electron chi connectivity index (χ3n) is 8.97. The quantitative estimate of drug-likeness (QED) is 0.286. The molecule has 6 aliphatic rings. The summed E-state index contributed by atoms with van der Waals surface area (Å²) in [5.41, 5.74) is -0.284. The molecule has 0 aliphatic heterocycles. The van der Waals surface area contributed by atoms with E-state index >= 15 is 0 Å². The van der Waals surface area contributed by atoms with Crippen LogP contribution in [0, 0.1) is 40.9 Å². The summed E-state index contributed by atoms with van der Waals surface area (Å²) in [5.74, 6) is 2.26. The standard InChI is InChI=1S/C22H32F2O6S.Na/c23-22(24,31(26,27)28)12-29-11-19(30-20(25)18-7-13-1-2-17(18)6-13)21-8-14-3-15(9-21)5-16(4-14)10-21;/h13-19H,1-12H2,(H,26,27,28);/q;+1/p-1. The molecule has 6 aliphatic carbocycles. The normalized spacial score (nSPS) is 40.8. The van der Waals surface area contributed by atoms with E-state index < -0.39 is 28.1 Å². The molecular weight excluding hydrogens is 453 g/mol. The molecule has 0 radical (unpaired) electrons. The fraction of sp³-hybridized carbons (Fsp3) is 0.955. The van der Waals surface area contributed by atoms with Gasteiger partial charge in [0.1, 0.15) is 12.7 Å². The first-order valence-electron chi connectivity index (χ1n) is 11.7. The van der Waals surface area contributed by atoms with Crippen LogP contribution in [0.3, 0.4) is 0 Å². The van der Waals surface area contributed by atoms with E-state index in [2.05, 4.69) is 0 Å². The summed E-state index contributed by atoms with van der Waals surface area (Å²) in [5, 5.41) is -4.49. The van der Waals surface area contributed by atoms with Crippen LogP contribution in [0.25, 0.3) is 0 Å². The summed E-state index contributed by atoms with van der Waals surface area (Å²) in [7, 11) is -5.80. The molecule has 6 rings (SSSR count). The Labute approximate surface area is 210 Å². The van der Waals surface area contributed by atoms with Crippen molar-refractivity contribution >= 4 is 16.1 Å². The predicted molar refractivity (Wildman–Crippen MR) is 105 cm³/mol. The van der Waals surface area contributed by atoms with Crippen molar-refractivity contribution in [2.75, 3.05) is 13.2 Å². The monoisotopic (exact) mass is 484 g/mol. The van der Waals surface area contributed by atoms with E-state index in [0.29, 0.717) is 29.6 Å². The van der Waals surface area contributed by atoms with Gasteiger partial charge >= 0.3 is 40.8 Å². The van der Waals surface area contributed by atoms with E-state index in [-0.39, 0.29) is 53.5 Å². The Bertz CT molecular complexity index is 799. The van der Waals surface area contributed by atoms with Gasteiger partial charge in [-0.2, -0.15) is 8.78 Å². The zero-order valence-corrected chi connectivity index (χ0v) is 21.5. The molecule has 32 heavy (non-hydrogen) atoms. The molecule has 0 aromatic heterocycles. The minimum Gasteiger partial charge on any atom is -0.743 e. The zero-order valence-electron chi connectivity index (χ0n) is 18.6. The summed E-state index contributed by atoms with van der Waals surface area (Å²) < 4.78 is 70.8. The zero-order chi connectivity index (χ0) is 22.0. The maximum absolute atomic E-state index is 13.6. The van der Waals surface area contributed by atoms with Crippen LogP contribution in [0.2, 0.25) is 0 Å². The average molecular weight is 485 g/mol. The molecule has 0 heterocycles. The van der Waals surface area contributed by atoms with Crippen LogP contribution in [0.1, 0.15) is 64.2 Å². The Hall–Kier alpha value is 0.200. The van der Waals surface area contributed by atoms with Crippen molar-refractivity contribution in [3.8, 4) is 0 Å². The maximum atomic E-state index is 13.6. The molecule has 0 aromatic carbocycles. The van der Waals surface area contributed by atoms with Crippen LogP contribution in [0.15, 0.2) is 0 Å². The summed E-state index contributed by atoms with van der Waals surface area (Å²) in [4.78, 5) is 13.1. The van der Waals surface area contributed by atoms with E-state index in [4.69, 9.17) is 9.47 Å². The van der Waals surface area contributed by atoms with E-state index in [1.165, 1.54) is 19.3 Å². The second-order valence-corrected chi connectivity index (χ2v) is 12.6. The number of ether oxygens (including phenoxy) is 2. The molecule has 6 bridgehead atoms. The van der Waals surface area contributed by atoms with Crippen molar-refractivity contribution in [3.63, 3.8) is 0 Å². The number of carbonyl (C=O) groups is 1. The molecule has 0 aromatic rings. The first-order chi connectivity index (χ1) is 14.5. The molecular formula is C22H31F2NaO6S. The number of fused-ring (bicyclic) bond motifs is 2. The van der Waals surface area contributed by atoms with Crippen LogP contribution in [0.5, 0.6) is 0 Å². The molecule has 6 saturated carbocycles. The van der Waals surface area contributed by atoms with Crippen LogP contribution >= 0.6 is 0 Å². The fourth-order valence-corrected chi connectivity index (χ4v) is 8.25. The van der Waals surface area contributed by atoms with Gasteiger partial charge in [-0.3, -0.25) is 4.79 Å². The van der Waals surface area contributed by atoms with Gasteiger partial charge in [0.25, 0.3) is 0 Å². The molecule has 6 fully saturated rings. The van der Waals surface area contributed by atoms with E-state index in [9.17, 15) is 26.5 Å². The molecule has 10 heteroatoms. The number of carbonyl (C=O) groups excluding carboxylic acids is 1. The summed E-state index contributed by atoms with van der Waals surface area (Å²) in [6.45, 7) is -1.79. The Balaban J connectivity index is 0.00000245. The van der Waals surface area contributed by atoms with Crippen molar-refractivity contribution in [2.24, 2.45) is 40.9 Å². The summed E-state index contributed by atoms with van der Waals surface area (Å²) in [6.07, 6.45) is 9.66. The van der Waals surface area contributed by atoms with Crippen LogP contribution < -0.4 is 29.6 Å². The average Bonchev–Trinajstić information content (AvgIpc) is 3.28.